The average molecular weight is 225 g/mol. The lowest BCUT2D eigenvalue weighted by Crippen LogP contribution is -2.17. The van der Waals surface area contributed by atoms with Crippen molar-refractivity contribution in [3.8, 4) is 0 Å². The van der Waals surface area contributed by atoms with Gasteiger partial charge < -0.3 is 10.1 Å². The number of rotatable bonds is 1. The van der Waals surface area contributed by atoms with Crippen molar-refractivity contribution in [1.29, 1.82) is 0 Å². The Morgan fingerprint density at radius 1 is 1.53 bits per heavy atom. The maximum atomic E-state index is 11.3. The van der Waals surface area contributed by atoms with E-state index in [1.54, 1.807) is 6.07 Å². The standard InChI is InChI=1S/C9H5ClN2O3/c10-7-4-3-5(9(14)15)8(13)12-6(4)1-2-11-7/h1-3H,(H,12,13)(H,14,15). The maximum Gasteiger partial charge on any atom is 0.341 e. The average Bonchev–Trinajstić information content (AvgIpc) is 2.16. The molecule has 2 N–H and O–H groups in total. The van der Waals surface area contributed by atoms with Crippen LogP contribution in [-0.2, 0) is 0 Å². The summed E-state index contributed by atoms with van der Waals surface area (Å²) in [6, 6.07) is 2.76. The van der Waals surface area contributed by atoms with Crippen LogP contribution < -0.4 is 5.56 Å². The summed E-state index contributed by atoms with van der Waals surface area (Å²) in [4.78, 5) is 28.2. The molecule has 0 aliphatic rings. The third kappa shape index (κ3) is 1.57. The lowest BCUT2D eigenvalue weighted by atomic mass is 10.2. The van der Waals surface area contributed by atoms with E-state index in [0.717, 1.165) is 0 Å². The van der Waals surface area contributed by atoms with Gasteiger partial charge in [0.15, 0.2) is 0 Å². The molecule has 2 heterocycles. The number of H-pyrrole nitrogens is 1. The summed E-state index contributed by atoms with van der Waals surface area (Å²) < 4.78 is 0. The molecule has 0 aromatic carbocycles. The lowest BCUT2D eigenvalue weighted by Gasteiger charge is -2.00. The molecule has 2 rings (SSSR count). The van der Waals surface area contributed by atoms with Gasteiger partial charge in [0.1, 0.15) is 10.7 Å². The highest BCUT2D eigenvalue weighted by Crippen LogP contribution is 2.18. The Morgan fingerprint density at radius 3 is 2.93 bits per heavy atom. The van der Waals surface area contributed by atoms with Crippen LogP contribution >= 0.6 is 11.6 Å². The van der Waals surface area contributed by atoms with E-state index in [0.29, 0.717) is 10.9 Å². The first-order chi connectivity index (χ1) is 7.09. The molecule has 0 amide bonds. The number of hydrogen-bond acceptors (Lipinski definition) is 3. The molecule has 76 valence electrons. The van der Waals surface area contributed by atoms with Crippen LogP contribution in [0.25, 0.3) is 10.9 Å². The third-order valence-corrected chi connectivity index (χ3v) is 2.25. The minimum atomic E-state index is -1.29. The molecule has 0 spiro atoms. The Hall–Kier alpha value is -1.88. The molecular formula is C9H5ClN2O3. The van der Waals surface area contributed by atoms with Crippen LogP contribution in [0.3, 0.4) is 0 Å². The lowest BCUT2D eigenvalue weighted by molar-refractivity contribution is 0.0695. The molecule has 15 heavy (non-hydrogen) atoms. The van der Waals surface area contributed by atoms with Gasteiger partial charge in [0.05, 0.1) is 5.52 Å². The Morgan fingerprint density at radius 2 is 2.27 bits per heavy atom. The fourth-order valence-corrected chi connectivity index (χ4v) is 1.47. The molecule has 0 saturated heterocycles. The van der Waals surface area contributed by atoms with E-state index in [2.05, 4.69) is 9.97 Å². The monoisotopic (exact) mass is 224 g/mol. The number of pyridine rings is 2. The van der Waals surface area contributed by atoms with Gasteiger partial charge in [0.25, 0.3) is 5.56 Å². The number of nitrogens with zero attached hydrogens (tertiary/aromatic N) is 1. The van der Waals surface area contributed by atoms with Crippen LogP contribution in [0.15, 0.2) is 23.1 Å². The smallest absolute Gasteiger partial charge is 0.341 e. The van der Waals surface area contributed by atoms with Crippen molar-refractivity contribution in [2.45, 2.75) is 0 Å². The van der Waals surface area contributed by atoms with Gasteiger partial charge in [-0.1, -0.05) is 11.6 Å². The van der Waals surface area contributed by atoms with Crippen molar-refractivity contribution in [1.82, 2.24) is 9.97 Å². The van der Waals surface area contributed by atoms with E-state index in [1.807, 2.05) is 0 Å². The number of nitrogens with one attached hydrogen (secondary N) is 1. The van der Waals surface area contributed by atoms with Gasteiger partial charge in [-0.15, -0.1) is 0 Å². The number of aromatic amines is 1. The number of carboxylic acids is 1. The minimum Gasteiger partial charge on any atom is -0.477 e. The first-order valence-corrected chi connectivity index (χ1v) is 4.38. The van der Waals surface area contributed by atoms with Crippen LogP contribution in [0.4, 0.5) is 0 Å². The number of carbonyl (C=O) groups is 1. The summed E-state index contributed by atoms with van der Waals surface area (Å²) in [7, 11) is 0. The normalized spacial score (nSPS) is 10.5. The summed E-state index contributed by atoms with van der Waals surface area (Å²) >= 11 is 5.76. The summed E-state index contributed by atoms with van der Waals surface area (Å²) in [5, 5.41) is 9.30. The molecule has 0 fully saturated rings. The quantitative estimate of drug-likeness (QED) is 0.715. The zero-order valence-electron chi connectivity index (χ0n) is 7.32. The molecular weight excluding hydrogens is 220 g/mol. The van der Waals surface area contributed by atoms with Crippen LogP contribution in [0.2, 0.25) is 5.15 Å². The second-order valence-corrected chi connectivity index (χ2v) is 3.24. The SMILES string of the molecule is O=C(O)c1cc2c(Cl)nccc2[nH]c1=O. The van der Waals surface area contributed by atoms with Crippen molar-refractivity contribution in [2.75, 3.05) is 0 Å². The molecule has 2 aromatic rings. The van der Waals surface area contributed by atoms with E-state index >= 15 is 0 Å². The topological polar surface area (TPSA) is 83.0 Å². The van der Waals surface area contributed by atoms with Crippen molar-refractivity contribution >= 4 is 28.5 Å². The van der Waals surface area contributed by atoms with E-state index in [9.17, 15) is 9.59 Å². The third-order valence-electron chi connectivity index (χ3n) is 1.95. The second-order valence-electron chi connectivity index (χ2n) is 2.88. The molecule has 0 saturated carbocycles. The predicted octanol–water partition coefficient (Wildman–Crippen LogP) is 1.27. The number of aromatic carboxylic acids is 1. The first-order valence-electron chi connectivity index (χ1n) is 4.00. The Labute approximate surface area is 88.3 Å². The zero-order valence-corrected chi connectivity index (χ0v) is 8.08. The molecule has 2 aromatic heterocycles. The molecule has 6 heteroatoms. The Balaban J connectivity index is 2.90. The van der Waals surface area contributed by atoms with Gasteiger partial charge in [-0.05, 0) is 12.1 Å². The van der Waals surface area contributed by atoms with Gasteiger partial charge in [0.2, 0.25) is 0 Å². The second kappa shape index (κ2) is 3.36. The van der Waals surface area contributed by atoms with Gasteiger partial charge in [-0.3, -0.25) is 4.79 Å². The summed E-state index contributed by atoms with van der Waals surface area (Å²) in [6.07, 6.45) is 1.43. The highest BCUT2D eigenvalue weighted by Gasteiger charge is 2.11. The molecule has 0 bridgehead atoms. The van der Waals surface area contributed by atoms with Crippen LogP contribution in [-0.4, -0.2) is 21.0 Å². The number of carboxylic acid groups (broad SMARTS) is 1. The minimum absolute atomic E-state index is 0.159. The van der Waals surface area contributed by atoms with Gasteiger partial charge in [0, 0.05) is 11.6 Å². The number of fused-ring (bicyclic) bond motifs is 1. The van der Waals surface area contributed by atoms with Crippen molar-refractivity contribution in [3.63, 3.8) is 0 Å². The Kier molecular flexibility index (Phi) is 2.17. The molecule has 5 nitrogen and oxygen atoms in total. The van der Waals surface area contributed by atoms with Gasteiger partial charge >= 0.3 is 5.97 Å². The highest BCUT2D eigenvalue weighted by molar-refractivity contribution is 6.34. The highest BCUT2D eigenvalue weighted by atomic mass is 35.5. The number of halogens is 1. The predicted molar refractivity (Wildman–Crippen MR) is 54.3 cm³/mol. The fraction of sp³-hybridized carbons (Fsp3) is 0. The van der Waals surface area contributed by atoms with Crippen LogP contribution in [0.1, 0.15) is 10.4 Å². The van der Waals surface area contributed by atoms with Gasteiger partial charge in [-0.2, -0.15) is 0 Å². The molecule has 0 atom stereocenters. The van der Waals surface area contributed by atoms with E-state index in [1.165, 1.54) is 12.3 Å². The van der Waals surface area contributed by atoms with Crippen LogP contribution in [0, 0.1) is 0 Å². The fourth-order valence-electron chi connectivity index (χ4n) is 1.25. The molecule has 0 unspecified atom stereocenters. The van der Waals surface area contributed by atoms with Crippen molar-refractivity contribution in [2.24, 2.45) is 0 Å². The summed E-state index contributed by atoms with van der Waals surface area (Å²) in [6.45, 7) is 0. The largest absolute Gasteiger partial charge is 0.477 e. The van der Waals surface area contributed by atoms with E-state index in [-0.39, 0.29) is 10.7 Å². The number of hydrogen-bond donors (Lipinski definition) is 2. The molecule has 0 aliphatic carbocycles. The molecule has 0 radical (unpaired) electrons. The summed E-state index contributed by atoms with van der Waals surface area (Å²) in [5.41, 5.74) is -0.542. The zero-order chi connectivity index (χ0) is 11.0. The first kappa shape index (κ1) is 9.67. The summed E-state index contributed by atoms with van der Waals surface area (Å²) in [5.74, 6) is -1.29. The van der Waals surface area contributed by atoms with E-state index < -0.39 is 11.5 Å². The van der Waals surface area contributed by atoms with Crippen molar-refractivity contribution in [3.05, 3.63) is 39.4 Å². The maximum absolute atomic E-state index is 11.3. The van der Waals surface area contributed by atoms with Gasteiger partial charge in [-0.25, -0.2) is 9.78 Å². The van der Waals surface area contributed by atoms with Crippen molar-refractivity contribution < 1.29 is 9.90 Å². The number of aromatic nitrogens is 2. The van der Waals surface area contributed by atoms with Crippen LogP contribution in [0.5, 0.6) is 0 Å². The molecule has 0 aliphatic heterocycles. The van der Waals surface area contributed by atoms with E-state index in [4.69, 9.17) is 16.7 Å². The Bertz CT molecular complexity index is 606.